The van der Waals surface area contributed by atoms with Crippen LogP contribution in [-0.4, -0.2) is 70.1 Å². The molecule has 2 fully saturated rings. The van der Waals surface area contributed by atoms with Gasteiger partial charge in [0.1, 0.15) is 30.0 Å². The highest BCUT2D eigenvalue weighted by atomic mass is 19.4. The van der Waals surface area contributed by atoms with Gasteiger partial charge in [-0.3, -0.25) is 14.4 Å². The fourth-order valence-corrected chi connectivity index (χ4v) is 5.84. The van der Waals surface area contributed by atoms with E-state index in [4.69, 9.17) is 9.47 Å². The zero-order valence-corrected chi connectivity index (χ0v) is 26.8. The Bertz CT molecular complexity index is 1620. The molecule has 2 aromatic carbocycles. The Morgan fingerprint density at radius 2 is 1.75 bits per heavy atom. The SMILES string of the molecule is C[C@H](N(Cc1ccc(F)cc1)C(=O)CN1C(=O)OC2(CCc3cc(NC(=O)[C@H](NC(=O)OC(C)(C)C)C4CC4)ccc32)C1=O)C(F)(F)F. The lowest BCUT2D eigenvalue weighted by molar-refractivity contribution is -0.187. The molecule has 1 saturated heterocycles. The summed E-state index contributed by atoms with van der Waals surface area (Å²) in [4.78, 5) is 66.4. The van der Waals surface area contributed by atoms with Crippen molar-refractivity contribution in [2.24, 2.45) is 5.92 Å². The van der Waals surface area contributed by atoms with Crippen LogP contribution in [0.5, 0.6) is 0 Å². The van der Waals surface area contributed by atoms with Crippen molar-refractivity contribution in [1.82, 2.24) is 15.1 Å². The number of aryl methyl sites for hydroxylation is 1. The van der Waals surface area contributed by atoms with Gasteiger partial charge >= 0.3 is 18.4 Å². The quantitative estimate of drug-likeness (QED) is 0.350. The van der Waals surface area contributed by atoms with E-state index in [0.717, 1.165) is 31.9 Å². The van der Waals surface area contributed by atoms with Crippen LogP contribution in [0.4, 0.5) is 32.8 Å². The standard InChI is InChI=1S/C33H36F4N4O7/c1-18(33(35,36)37)40(16-19-5-9-22(34)10-6-19)25(42)17-41-28(44)32(48-30(41)46)14-13-21-15-23(11-12-24(21)32)38-27(43)26(20-7-8-20)39-29(45)47-31(2,3)4/h5-6,9-12,15,18,20,26H,7-8,13-14,16-17H2,1-4H3,(H,38,43)(H,39,45)/t18-,26+,32?/m0/s1. The lowest BCUT2D eigenvalue weighted by Gasteiger charge is -2.31. The van der Waals surface area contributed by atoms with Gasteiger partial charge in [0.2, 0.25) is 17.4 Å². The molecule has 3 aliphatic rings. The first-order valence-corrected chi connectivity index (χ1v) is 15.5. The van der Waals surface area contributed by atoms with Crippen LogP contribution in [0.25, 0.3) is 0 Å². The summed E-state index contributed by atoms with van der Waals surface area (Å²) in [5, 5.41) is 5.41. The molecule has 5 amide bonds. The molecule has 1 heterocycles. The first kappa shape index (κ1) is 34.6. The second-order valence-corrected chi connectivity index (χ2v) is 13.3. The number of imide groups is 1. The van der Waals surface area contributed by atoms with E-state index >= 15 is 0 Å². The second-order valence-electron chi connectivity index (χ2n) is 13.3. The van der Waals surface area contributed by atoms with Crippen LogP contribution < -0.4 is 10.6 Å². The van der Waals surface area contributed by atoms with Gasteiger partial charge in [-0.2, -0.15) is 13.2 Å². The maximum atomic E-state index is 13.7. The minimum atomic E-state index is -4.82. The number of nitrogens with zero attached hydrogens (tertiary/aromatic N) is 2. The molecule has 2 aliphatic carbocycles. The Morgan fingerprint density at radius 3 is 2.35 bits per heavy atom. The van der Waals surface area contributed by atoms with Crippen LogP contribution in [0.2, 0.25) is 0 Å². The monoisotopic (exact) mass is 676 g/mol. The Balaban J connectivity index is 1.30. The van der Waals surface area contributed by atoms with Gasteiger partial charge in [-0.1, -0.05) is 18.2 Å². The molecule has 2 N–H and O–H groups in total. The van der Waals surface area contributed by atoms with Crippen molar-refractivity contribution in [2.45, 2.75) is 89.4 Å². The van der Waals surface area contributed by atoms with Crippen LogP contribution in [0.3, 0.4) is 0 Å². The molecule has 1 spiro atoms. The molecule has 2 aromatic rings. The molecular weight excluding hydrogens is 640 g/mol. The third kappa shape index (κ3) is 7.39. The largest absolute Gasteiger partial charge is 0.444 e. The summed E-state index contributed by atoms with van der Waals surface area (Å²) in [6.45, 7) is 4.35. The average Bonchev–Trinajstić information content (AvgIpc) is 3.73. The highest BCUT2D eigenvalue weighted by Crippen LogP contribution is 2.46. The zero-order valence-electron chi connectivity index (χ0n) is 26.8. The predicted octanol–water partition coefficient (Wildman–Crippen LogP) is 5.17. The smallest absolute Gasteiger partial charge is 0.418 e. The van der Waals surface area contributed by atoms with Crippen LogP contribution in [0.1, 0.15) is 63.6 Å². The topological polar surface area (TPSA) is 134 Å². The van der Waals surface area contributed by atoms with Crippen molar-refractivity contribution in [3.8, 4) is 0 Å². The fraction of sp³-hybridized carbons (Fsp3) is 0.485. The summed E-state index contributed by atoms with van der Waals surface area (Å²) in [6, 6.07) is 6.08. The first-order chi connectivity index (χ1) is 22.4. The molecule has 3 atom stereocenters. The van der Waals surface area contributed by atoms with Crippen LogP contribution in [0.15, 0.2) is 42.5 Å². The van der Waals surface area contributed by atoms with Crippen LogP contribution in [0, 0.1) is 11.7 Å². The number of carbonyl (C=O) groups excluding carboxylic acids is 5. The summed E-state index contributed by atoms with van der Waals surface area (Å²) in [7, 11) is 0. The molecule has 5 rings (SSSR count). The summed E-state index contributed by atoms with van der Waals surface area (Å²) >= 11 is 0. The molecule has 0 aromatic heterocycles. The van der Waals surface area contributed by atoms with E-state index in [0.29, 0.717) is 26.6 Å². The summed E-state index contributed by atoms with van der Waals surface area (Å²) in [5.41, 5.74) is -1.06. The number of nitrogens with one attached hydrogen (secondary N) is 2. The molecule has 1 saturated carbocycles. The number of anilines is 1. The number of halogens is 4. The number of rotatable bonds is 9. The maximum Gasteiger partial charge on any atom is 0.418 e. The van der Waals surface area contributed by atoms with Crippen molar-refractivity contribution >= 4 is 35.6 Å². The van der Waals surface area contributed by atoms with Crippen molar-refractivity contribution in [3.63, 3.8) is 0 Å². The first-order valence-electron chi connectivity index (χ1n) is 15.5. The summed E-state index contributed by atoms with van der Waals surface area (Å²) in [6.07, 6.45) is -4.95. The van der Waals surface area contributed by atoms with Crippen molar-refractivity contribution < 1.29 is 51.0 Å². The highest BCUT2D eigenvalue weighted by Gasteiger charge is 2.58. The molecule has 1 aliphatic heterocycles. The Kier molecular flexibility index (Phi) is 9.19. The molecule has 48 heavy (non-hydrogen) atoms. The highest BCUT2D eigenvalue weighted by molar-refractivity contribution is 6.06. The third-order valence-electron chi connectivity index (χ3n) is 8.50. The maximum absolute atomic E-state index is 13.7. The number of fused-ring (bicyclic) bond motifs is 2. The predicted molar refractivity (Wildman–Crippen MR) is 162 cm³/mol. The van der Waals surface area contributed by atoms with Crippen molar-refractivity contribution in [1.29, 1.82) is 0 Å². The van der Waals surface area contributed by atoms with Gasteiger partial charge in [0, 0.05) is 24.2 Å². The number of hydrogen-bond donors (Lipinski definition) is 2. The molecule has 258 valence electrons. The van der Waals surface area contributed by atoms with Gasteiger partial charge in [-0.15, -0.1) is 0 Å². The number of hydrogen-bond acceptors (Lipinski definition) is 7. The Morgan fingerprint density at radius 1 is 1.08 bits per heavy atom. The average molecular weight is 677 g/mol. The number of amides is 5. The van der Waals surface area contributed by atoms with E-state index in [1.807, 2.05) is 0 Å². The van der Waals surface area contributed by atoms with Gasteiger partial charge in [0.15, 0.2) is 0 Å². The van der Waals surface area contributed by atoms with E-state index in [1.54, 1.807) is 26.8 Å². The van der Waals surface area contributed by atoms with Gasteiger partial charge < -0.3 is 25.0 Å². The Hall–Kier alpha value is -4.69. The van der Waals surface area contributed by atoms with Crippen molar-refractivity contribution in [3.05, 3.63) is 65.0 Å². The van der Waals surface area contributed by atoms with Gasteiger partial charge in [-0.05, 0) is 88.3 Å². The van der Waals surface area contributed by atoms with Crippen LogP contribution in [-0.2, 0) is 42.4 Å². The van der Waals surface area contributed by atoms with Crippen molar-refractivity contribution in [2.75, 3.05) is 11.9 Å². The number of alkyl carbamates (subject to hydrolysis) is 1. The zero-order chi connectivity index (χ0) is 35.2. The molecule has 15 heteroatoms. The second kappa shape index (κ2) is 12.7. The van der Waals surface area contributed by atoms with E-state index in [1.165, 1.54) is 24.3 Å². The fourth-order valence-electron chi connectivity index (χ4n) is 5.84. The molecule has 0 bridgehead atoms. The normalized spacial score (nSPS) is 20.2. The van der Waals surface area contributed by atoms with E-state index in [9.17, 15) is 41.5 Å². The number of alkyl halides is 3. The van der Waals surface area contributed by atoms with E-state index < -0.39 is 78.3 Å². The molecule has 0 radical (unpaired) electrons. The number of carbonyl (C=O) groups is 5. The van der Waals surface area contributed by atoms with Gasteiger partial charge in [-0.25, -0.2) is 18.9 Å². The van der Waals surface area contributed by atoms with Gasteiger partial charge in [0.25, 0.3) is 5.91 Å². The molecule has 11 nitrogen and oxygen atoms in total. The minimum absolute atomic E-state index is 0.0120. The lowest BCUT2D eigenvalue weighted by Crippen LogP contribution is -2.51. The van der Waals surface area contributed by atoms with E-state index in [2.05, 4.69) is 10.6 Å². The molecule has 1 unspecified atom stereocenters. The van der Waals surface area contributed by atoms with Gasteiger partial charge in [0.05, 0.1) is 0 Å². The molecular formula is C33H36F4N4O7. The lowest BCUT2D eigenvalue weighted by atomic mass is 9.94. The minimum Gasteiger partial charge on any atom is -0.444 e. The number of benzene rings is 2. The Labute approximate surface area is 273 Å². The van der Waals surface area contributed by atoms with Crippen LogP contribution >= 0.6 is 0 Å². The third-order valence-corrected chi connectivity index (χ3v) is 8.50. The summed E-state index contributed by atoms with van der Waals surface area (Å²) in [5.74, 6) is -3.17. The van der Waals surface area contributed by atoms with E-state index in [-0.39, 0.29) is 24.3 Å². The number of ether oxygens (including phenoxy) is 2. The summed E-state index contributed by atoms with van der Waals surface area (Å²) < 4.78 is 65.4.